The summed E-state index contributed by atoms with van der Waals surface area (Å²) in [7, 11) is 3.27. The fourth-order valence-corrected chi connectivity index (χ4v) is 4.01. The summed E-state index contributed by atoms with van der Waals surface area (Å²) < 4.78 is 17.0. The second-order valence-corrected chi connectivity index (χ2v) is 7.65. The van der Waals surface area contributed by atoms with Gasteiger partial charge in [-0.2, -0.15) is 5.26 Å². The minimum atomic E-state index is -0.452. The lowest BCUT2D eigenvalue weighted by atomic mass is 10.1. The van der Waals surface area contributed by atoms with Crippen LogP contribution in [0.1, 0.15) is 51.9 Å². The van der Waals surface area contributed by atoms with Crippen LogP contribution in [-0.2, 0) is 0 Å². The van der Waals surface area contributed by atoms with Gasteiger partial charge in [-0.15, -0.1) is 11.3 Å². The van der Waals surface area contributed by atoms with Crippen LogP contribution in [0, 0.1) is 18.3 Å². The Kier molecular flexibility index (Phi) is 8.28. The predicted octanol–water partition coefficient (Wildman–Crippen LogP) is 4.08. The summed E-state index contributed by atoms with van der Waals surface area (Å²) in [5, 5.41) is 12.6. The summed E-state index contributed by atoms with van der Waals surface area (Å²) in [4.78, 5) is 27.3. The van der Waals surface area contributed by atoms with Crippen molar-refractivity contribution in [1.82, 2.24) is 4.90 Å². The van der Waals surface area contributed by atoms with Gasteiger partial charge in [-0.1, -0.05) is 0 Å². The first-order chi connectivity index (χ1) is 14.8. The average molecular weight is 446 g/mol. The van der Waals surface area contributed by atoms with Gasteiger partial charge in [-0.05, 0) is 45.4 Å². The molecule has 1 aromatic heterocycles. The largest absolute Gasteiger partial charge is 0.490 e. The maximum absolute atomic E-state index is 13.0. The van der Waals surface area contributed by atoms with Gasteiger partial charge in [0.1, 0.15) is 11.1 Å². The van der Waals surface area contributed by atoms with Gasteiger partial charge in [0.15, 0.2) is 11.5 Å². The molecule has 0 unspecified atom stereocenters. The summed E-state index contributed by atoms with van der Waals surface area (Å²) in [6, 6.07) is 5.23. The molecule has 2 amide bonds. The van der Waals surface area contributed by atoms with Gasteiger partial charge < -0.3 is 24.4 Å². The number of benzene rings is 1. The zero-order valence-corrected chi connectivity index (χ0v) is 19.4. The van der Waals surface area contributed by atoms with E-state index in [4.69, 9.17) is 14.2 Å². The van der Waals surface area contributed by atoms with E-state index in [-0.39, 0.29) is 17.0 Å². The Hall–Kier alpha value is -3.25. The maximum Gasteiger partial charge on any atom is 0.263 e. The molecule has 2 aromatic rings. The van der Waals surface area contributed by atoms with Crippen LogP contribution < -0.4 is 19.5 Å². The molecule has 31 heavy (non-hydrogen) atoms. The molecule has 8 nitrogen and oxygen atoms in total. The highest BCUT2D eigenvalue weighted by Gasteiger charge is 2.24. The van der Waals surface area contributed by atoms with E-state index >= 15 is 0 Å². The SMILES string of the molecule is CCOc1cc(C(=O)Nc2sc(C(=O)N(C)C)c(C)c2C#N)cc(OCC)c1OCC. The molecule has 0 saturated carbocycles. The number of thiophene rings is 1. The van der Waals surface area contributed by atoms with Crippen molar-refractivity contribution in [2.75, 3.05) is 39.2 Å². The molecule has 1 aromatic carbocycles. The molecule has 0 saturated heterocycles. The second-order valence-electron chi connectivity index (χ2n) is 6.63. The lowest BCUT2D eigenvalue weighted by Crippen LogP contribution is -2.21. The van der Waals surface area contributed by atoms with Gasteiger partial charge in [0.2, 0.25) is 5.75 Å². The average Bonchev–Trinajstić information content (AvgIpc) is 3.04. The Morgan fingerprint density at radius 1 is 1.06 bits per heavy atom. The topological polar surface area (TPSA) is 101 Å². The van der Waals surface area contributed by atoms with Gasteiger partial charge in [0.25, 0.3) is 11.8 Å². The van der Waals surface area contributed by atoms with E-state index in [9.17, 15) is 14.9 Å². The molecule has 166 valence electrons. The Balaban J connectivity index is 2.47. The van der Waals surface area contributed by atoms with Crippen LogP contribution in [0.25, 0.3) is 0 Å². The van der Waals surface area contributed by atoms with Crippen molar-refractivity contribution in [1.29, 1.82) is 5.26 Å². The molecule has 0 aliphatic carbocycles. The van der Waals surface area contributed by atoms with Gasteiger partial charge in [-0.25, -0.2) is 0 Å². The Labute approximate surface area is 186 Å². The quantitative estimate of drug-likeness (QED) is 0.624. The van der Waals surface area contributed by atoms with Crippen molar-refractivity contribution in [2.45, 2.75) is 27.7 Å². The highest BCUT2D eigenvalue weighted by atomic mass is 32.1. The summed E-state index contributed by atoms with van der Waals surface area (Å²) in [5.41, 5.74) is 1.09. The number of hydrogen-bond donors (Lipinski definition) is 1. The number of hydrogen-bond acceptors (Lipinski definition) is 7. The number of ether oxygens (including phenoxy) is 3. The van der Waals surface area contributed by atoms with Crippen LogP contribution in [0.2, 0.25) is 0 Å². The van der Waals surface area contributed by atoms with Crippen molar-refractivity contribution < 1.29 is 23.8 Å². The van der Waals surface area contributed by atoms with Crippen LogP contribution in [-0.4, -0.2) is 50.6 Å². The number of nitriles is 1. The van der Waals surface area contributed by atoms with Crippen LogP contribution in [0.3, 0.4) is 0 Å². The fraction of sp³-hybridized carbons (Fsp3) is 0.409. The standard InChI is InChI=1S/C22H27N3O5S/c1-7-28-16-10-14(11-17(29-8-2)18(16)30-9-3)20(26)24-21-15(12-23)13(4)19(31-21)22(27)25(5)6/h10-11H,7-9H2,1-6H3,(H,24,26). The number of carbonyl (C=O) groups excluding carboxylic acids is 2. The Morgan fingerprint density at radius 2 is 1.61 bits per heavy atom. The number of rotatable bonds is 9. The summed E-state index contributed by atoms with van der Waals surface area (Å²) >= 11 is 1.08. The number of carbonyl (C=O) groups is 2. The van der Waals surface area contributed by atoms with E-state index < -0.39 is 5.91 Å². The number of anilines is 1. The van der Waals surface area contributed by atoms with Crippen molar-refractivity contribution in [2.24, 2.45) is 0 Å². The lowest BCUT2D eigenvalue weighted by Gasteiger charge is -2.17. The second kappa shape index (κ2) is 10.7. The third kappa shape index (κ3) is 5.27. The molecule has 2 rings (SSSR count). The molecule has 0 fully saturated rings. The summed E-state index contributed by atoms with van der Waals surface area (Å²) in [5.74, 6) is 0.550. The highest BCUT2D eigenvalue weighted by molar-refractivity contribution is 7.18. The zero-order chi connectivity index (χ0) is 23.1. The number of nitrogens with one attached hydrogen (secondary N) is 1. The van der Waals surface area contributed by atoms with Crippen LogP contribution >= 0.6 is 11.3 Å². The van der Waals surface area contributed by atoms with Crippen molar-refractivity contribution in [3.05, 3.63) is 33.7 Å². The molecular formula is C22H27N3O5S. The normalized spacial score (nSPS) is 10.2. The number of amides is 2. The molecule has 9 heteroatoms. The third-order valence-electron chi connectivity index (χ3n) is 4.26. The molecule has 0 atom stereocenters. The Bertz CT molecular complexity index is 980. The van der Waals surface area contributed by atoms with E-state index in [2.05, 4.69) is 11.4 Å². The van der Waals surface area contributed by atoms with Crippen molar-refractivity contribution in [3.8, 4) is 23.3 Å². The summed E-state index contributed by atoms with van der Waals surface area (Å²) in [6.07, 6.45) is 0. The molecule has 1 heterocycles. The van der Waals surface area contributed by atoms with E-state index in [1.54, 1.807) is 33.2 Å². The fourth-order valence-electron chi connectivity index (χ4n) is 2.84. The third-order valence-corrected chi connectivity index (χ3v) is 5.45. The van der Waals surface area contributed by atoms with Crippen LogP contribution in [0.15, 0.2) is 12.1 Å². The molecular weight excluding hydrogens is 418 g/mol. The van der Waals surface area contributed by atoms with Gasteiger partial charge in [-0.3, -0.25) is 9.59 Å². The van der Waals surface area contributed by atoms with Gasteiger partial charge in [0, 0.05) is 19.7 Å². The van der Waals surface area contributed by atoms with E-state index in [1.807, 2.05) is 20.8 Å². The molecule has 0 aliphatic rings. The Morgan fingerprint density at radius 3 is 2.06 bits per heavy atom. The van der Waals surface area contributed by atoms with Crippen LogP contribution in [0.5, 0.6) is 17.2 Å². The lowest BCUT2D eigenvalue weighted by molar-refractivity contribution is 0.0831. The van der Waals surface area contributed by atoms with E-state index in [1.165, 1.54) is 4.90 Å². The maximum atomic E-state index is 13.0. The molecule has 0 bridgehead atoms. The first kappa shape index (κ1) is 24.0. The summed E-state index contributed by atoms with van der Waals surface area (Å²) in [6.45, 7) is 8.39. The van der Waals surface area contributed by atoms with E-state index in [0.29, 0.717) is 52.5 Å². The minimum Gasteiger partial charge on any atom is -0.490 e. The van der Waals surface area contributed by atoms with E-state index in [0.717, 1.165) is 11.3 Å². The first-order valence-electron chi connectivity index (χ1n) is 9.91. The van der Waals surface area contributed by atoms with Crippen molar-refractivity contribution >= 4 is 28.2 Å². The molecule has 0 radical (unpaired) electrons. The van der Waals surface area contributed by atoms with Gasteiger partial charge >= 0.3 is 0 Å². The van der Waals surface area contributed by atoms with Crippen molar-refractivity contribution in [3.63, 3.8) is 0 Å². The molecule has 0 spiro atoms. The zero-order valence-electron chi connectivity index (χ0n) is 18.6. The predicted molar refractivity (Wildman–Crippen MR) is 120 cm³/mol. The minimum absolute atomic E-state index is 0.224. The number of nitrogens with zero attached hydrogens (tertiary/aromatic N) is 2. The highest BCUT2D eigenvalue weighted by Crippen LogP contribution is 2.40. The smallest absolute Gasteiger partial charge is 0.263 e. The molecule has 0 aliphatic heterocycles. The van der Waals surface area contributed by atoms with Crippen LogP contribution in [0.4, 0.5) is 5.00 Å². The monoisotopic (exact) mass is 445 g/mol. The molecule has 1 N–H and O–H groups in total. The van der Waals surface area contributed by atoms with Gasteiger partial charge in [0.05, 0.1) is 30.3 Å². The first-order valence-corrected chi connectivity index (χ1v) is 10.7.